The highest BCUT2D eigenvalue weighted by atomic mass is 16.5. The van der Waals surface area contributed by atoms with Gasteiger partial charge < -0.3 is 20.1 Å². The van der Waals surface area contributed by atoms with E-state index in [1.165, 1.54) is 6.42 Å². The molecule has 1 saturated heterocycles. The number of esters is 1. The Balaban J connectivity index is 2.00. The molecule has 0 bridgehead atoms. The van der Waals surface area contributed by atoms with Crippen LogP contribution in [-0.4, -0.2) is 59.1 Å². The van der Waals surface area contributed by atoms with Crippen LogP contribution >= 0.6 is 0 Å². The van der Waals surface area contributed by atoms with E-state index in [9.17, 15) is 19.5 Å². The minimum absolute atomic E-state index is 0.0241. The molecule has 3 aliphatic rings. The summed E-state index contributed by atoms with van der Waals surface area (Å²) in [5.74, 6) is -2.46. The Morgan fingerprint density at radius 1 is 1.18 bits per heavy atom. The molecule has 0 spiro atoms. The van der Waals surface area contributed by atoms with Crippen LogP contribution in [0.1, 0.15) is 72.6 Å². The van der Waals surface area contributed by atoms with Gasteiger partial charge in [0.1, 0.15) is 6.04 Å². The van der Waals surface area contributed by atoms with Gasteiger partial charge in [-0.3, -0.25) is 14.4 Å². The van der Waals surface area contributed by atoms with E-state index in [0.717, 1.165) is 32.1 Å². The number of rotatable bonds is 9. The maximum Gasteiger partial charge on any atom is 0.310 e. The summed E-state index contributed by atoms with van der Waals surface area (Å²) in [6, 6.07) is -1.07. The van der Waals surface area contributed by atoms with Crippen molar-refractivity contribution in [2.75, 3.05) is 13.2 Å². The number of hydrogen-bond acceptors (Lipinski definition) is 5. The van der Waals surface area contributed by atoms with E-state index in [-0.39, 0.29) is 48.9 Å². The normalized spacial score (nSPS) is 31.7. The van der Waals surface area contributed by atoms with Crippen molar-refractivity contribution < 1.29 is 24.2 Å². The number of aliphatic hydroxyl groups excluding tert-OH is 1. The first-order chi connectivity index (χ1) is 15.9. The highest BCUT2D eigenvalue weighted by Crippen LogP contribution is 2.46. The van der Waals surface area contributed by atoms with Crippen LogP contribution in [0.5, 0.6) is 0 Å². The van der Waals surface area contributed by atoms with Crippen LogP contribution in [0.25, 0.3) is 0 Å². The van der Waals surface area contributed by atoms with Gasteiger partial charge in [-0.1, -0.05) is 58.6 Å². The van der Waals surface area contributed by atoms with Crippen LogP contribution < -0.4 is 5.32 Å². The Kier molecular flexibility index (Phi) is 8.96. The minimum atomic E-state index is -0.721. The van der Waals surface area contributed by atoms with Gasteiger partial charge in [-0.15, -0.1) is 0 Å². The summed E-state index contributed by atoms with van der Waals surface area (Å²) in [4.78, 5) is 42.2. The summed E-state index contributed by atoms with van der Waals surface area (Å²) in [6.45, 7) is 7.83. The van der Waals surface area contributed by atoms with E-state index < -0.39 is 29.8 Å². The van der Waals surface area contributed by atoms with Gasteiger partial charge in [-0.2, -0.15) is 0 Å². The van der Waals surface area contributed by atoms with Crippen LogP contribution in [0.4, 0.5) is 0 Å². The van der Waals surface area contributed by atoms with Gasteiger partial charge >= 0.3 is 5.97 Å². The summed E-state index contributed by atoms with van der Waals surface area (Å²) < 4.78 is 5.38. The zero-order chi connectivity index (χ0) is 24.1. The zero-order valence-electron chi connectivity index (χ0n) is 20.7. The fourth-order valence-electron chi connectivity index (χ4n) is 6.10. The number of carbonyl (C=O) groups is 3. The molecular formula is C26H42N2O5. The first-order valence-corrected chi connectivity index (χ1v) is 13.0. The SMILES string of the molecule is CCOC(=O)[C@H]1[C@@H]2C(=O)N([C@@H](CO)[C@@H](C)CC)[C@H](C(=O)NC3CCCCC3)[C@H]2C=C[C@H]1CC. The first-order valence-electron chi connectivity index (χ1n) is 13.0. The van der Waals surface area contributed by atoms with E-state index in [1.54, 1.807) is 11.8 Å². The predicted octanol–water partition coefficient (Wildman–Crippen LogP) is 3.06. The van der Waals surface area contributed by atoms with Gasteiger partial charge in [0.2, 0.25) is 11.8 Å². The van der Waals surface area contributed by atoms with Gasteiger partial charge in [0.15, 0.2) is 0 Å². The Morgan fingerprint density at radius 3 is 2.45 bits per heavy atom. The first kappa shape index (κ1) is 25.7. The standard InChI is InChI=1S/C26H42N2O5/c1-5-16(4)20(15-29)28-23(24(30)27-18-11-9-8-10-12-18)19-14-13-17(6-2)21(22(19)25(28)31)26(32)33-7-3/h13-14,16-23,29H,5-12,15H2,1-4H3,(H,27,30)/t16-,17+,19-,20-,21+,22+,23-/m0/s1. The molecule has 1 aliphatic heterocycles. The summed E-state index contributed by atoms with van der Waals surface area (Å²) in [6.07, 6.45) is 10.7. The Labute approximate surface area is 198 Å². The molecule has 2 aliphatic carbocycles. The van der Waals surface area contributed by atoms with Crippen molar-refractivity contribution in [2.24, 2.45) is 29.6 Å². The van der Waals surface area contributed by atoms with Gasteiger partial charge in [-0.25, -0.2) is 0 Å². The highest BCUT2D eigenvalue weighted by molar-refractivity contribution is 5.96. The number of fused-ring (bicyclic) bond motifs is 1. The molecule has 33 heavy (non-hydrogen) atoms. The molecule has 7 atom stereocenters. The van der Waals surface area contributed by atoms with Crippen molar-refractivity contribution in [1.29, 1.82) is 0 Å². The van der Waals surface area contributed by atoms with Crippen molar-refractivity contribution in [3.63, 3.8) is 0 Å². The summed E-state index contributed by atoms with van der Waals surface area (Å²) in [5, 5.41) is 13.5. The van der Waals surface area contributed by atoms with E-state index in [0.29, 0.717) is 6.42 Å². The molecule has 7 nitrogen and oxygen atoms in total. The lowest BCUT2D eigenvalue weighted by Gasteiger charge is -2.37. The van der Waals surface area contributed by atoms with E-state index >= 15 is 0 Å². The van der Waals surface area contributed by atoms with Crippen LogP contribution in [0, 0.1) is 29.6 Å². The molecule has 0 unspecified atom stereocenters. The van der Waals surface area contributed by atoms with E-state index in [1.807, 2.05) is 32.9 Å². The fourth-order valence-corrected chi connectivity index (χ4v) is 6.10. The number of hydrogen-bond donors (Lipinski definition) is 2. The number of likely N-dealkylation sites (tertiary alicyclic amines) is 1. The molecule has 3 rings (SSSR count). The van der Waals surface area contributed by atoms with E-state index in [2.05, 4.69) is 5.32 Å². The Bertz CT molecular complexity index is 732. The number of nitrogens with zero attached hydrogens (tertiary/aromatic N) is 1. The smallest absolute Gasteiger partial charge is 0.310 e. The molecule has 1 saturated carbocycles. The van der Waals surface area contributed by atoms with Crippen LogP contribution in [0.2, 0.25) is 0 Å². The quantitative estimate of drug-likeness (QED) is 0.406. The van der Waals surface area contributed by atoms with Gasteiger partial charge in [0.25, 0.3) is 0 Å². The summed E-state index contributed by atoms with van der Waals surface area (Å²) in [7, 11) is 0. The number of amides is 2. The molecular weight excluding hydrogens is 420 g/mol. The second-order valence-electron chi connectivity index (χ2n) is 10.0. The average molecular weight is 463 g/mol. The Morgan fingerprint density at radius 2 is 1.88 bits per heavy atom. The lowest BCUT2D eigenvalue weighted by Crippen LogP contribution is -2.55. The average Bonchev–Trinajstić information content (AvgIpc) is 3.11. The number of nitrogens with one attached hydrogen (secondary N) is 1. The Hall–Kier alpha value is -1.89. The zero-order valence-corrected chi connectivity index (χ0v) is 20.7. The lowest BCUT2D eigenvalue weighted by atomic mass is 9.69. The van der Waals surface area contributed by atoms with Gasteiger partial charge in [0, 0.05) is 12.0 Å². The number of carbonyl (C=O) groups excluding carboxylic acids is 3. The molecule has 2 fully saturated rings. The molecule has 186 valence electrons. The molecule has 0 aromatic rings. The van der Waals surface area contributed by atoms with Crippen molar-refractivity contribution in [1.82, 2.24) is 10.2 Å². The third-order valence-corrected chi connectivity index (χ3v) is 8.14. The predicted molar refractivity (Wildman–Crippen MR) is 126 cm³/mol. The van der Waals surface area contributed by atoms with Crippen LogP contribution in [0.15, 0.2) is 12.2 Å². The number of aliphatic hydroxyl groups is 1. The summed E-state index contributed by atoms with van der Waals surface area (Å²) >= 11 is 0. The van der Waals surface area contributed by atoms with Gasteiger partial charge in [-0.05, 0) is 38.0 Å². The highest BCUT2D eigenvalue weighted by Gasteiger charge is 2.59. The van der Waals surface area contributed by atoms with Gasteiger partial charge in [0.05, 0.1) is 31.1 Å². The molecule has 1 heterocycles. The number of allylic oxidation sites excluding steroid dienone is 1. The molecule has 2 N–H and O–H groups in total. The van der Waals surface area contributed by atoms with Crippen molar-refractivity contribution >= 4 is 17.8 Å². The largest absolute Gasteiger partial charge is 0.466 e. The maximum absolute atomic E-state index is 13.9. The third kappa shape index (κ3) is 5.13. The van der Waals surface area contributed by atoms with Crippen LogP contribution in [-0.2, 0) is 19.1 Å². The molecule has 7 heteroatoms. The van der Waals surface area contributed by atoms with Crippen molar-refractivity contribution in [3.8, 4) is 0 Å². The second kappa shape index (κ2) is 11.5. The lowest BCUT2D eigenvalue weighted by molar-refractivity contribution is -0.156. The number of ether oxygens (including phenoxy) is 1. The summed E-state index contributed by atoms with van der Waals surface area (Å²) in [5.41, 5.74) is 0. The van der Waals surface area contributed by atoms with Crippen LogP contribution in [0.3, 0.4) is 0 Å². The maximum atomic E-state index is 13.9. The topological polar surface area (TPSA) is 95.9 Å². The molecule has 0 radical (unpaired) electrons. The van der Waals surface area contributed by atoms with Crippen molar-refractivity contribution in [3.05, 3.63) is 12.2 Å². The van der Waals surface area contributed by atoms with Crippen molar-refractivity contribution in [2.45, 2.75) is 90.8 Å². The minimum Gasteiger partial charge on any atom is -0.466 e. The fraction of sp³-hybridized carbons (Fsp3) is 0.808. The third-order valence-electron chi connectivity index (χ3n) is 8.14. The monoisotopic (exact) mass is 462 g/mol. The van der Waals surface area contributed by atoms with E-state index in [4.69, 9.17) is 4.74 Å². The molecule has 0 aromatic heterocycles. The second-order valence-corrected chi connectivity index (χ2v) is 10.0. The molecule has 2 amide bonds. The molecule has 0 aromatic carbocycles.